The van der Waals surface area contributed by atoms with E-state index >= 15 is 0 Å². The topological polar surface area (TPSA) is 75.6 Å². The number of para-hydroxylation sites is 1. The van der Waals surface area contributed by atoms with Crippen molar-refractivity contribution in [2.45, 2.75) is 0 Å². The fourth-order valence-electron chi connectivity index (χ4n) is 1.74. The third-order valence-corrected chi connectivity index (χ3v) is 2.72. The first-order valence-electron chi connectivity index (χ1n) is 5.96. The highest BCUT2D eigenvalue weighted by atomic mass is 16.5. The van der Waals surface area contributed by atoms with E-state index in [0.29, 0.717) is 17.4 Å². The highest BCUT2D eigenvalue weighted by Gasteiger charge is 2.15. The van der Waals surface area contributed by atoms with Crippen molar-refractivity contribution in [2.24, 2.45) is 0 Å². The molecule has 0 spiro atoms. The summed E-state index contributed by atoms with van der Waals surface area (Å²) in [5, 5.41) is 9.15. The SMILES string of the molecule is COc1ccccc1-c1cc(C(=O)O)nc(N(C)C)n1. The molecule has 6 nitrogen and oxygen atoms in total. The highest BCUT2D eigenvalue weighted by molar-refractivity contribution is 5.87. The van der Waals surface area contributed by atoms with Gasteiger partial charge in [-0.1, -0.05) is 12.1 Å². The number of benzene rings is 1. The number of carboxylic acid groups (broad SMARTS) is 1. The molecule has 1 heterocycles. The van der Waals surface area contributed by atoms with Gasteiger partial charge in [0.05, 0.1) is 12.8 Å². The Balaban J connectivity index is 2.64. The molecule has 0 aliphatic carbocycles. The lowest BCUT2D eigenvalue weighted by Crippen LogP contribution is -2.15. The number of hydrogen-bond donors (Lipinski definition) is 1. The van der Waals surface area contributed by atoms with Gasteiger partial charge in [-0.2, -0.15) is 0 Å². The van der Waals surface area contributed by atoms with Crippen LogP contribution >= 0.6 is 0 Å². The molecule has 0 unspecified atom stereocenters. The molecule has 0 aliphatic rings. The Labute approximate surface area is 116 Å². The fourth-order valence-corrected chi connectivity index (χ4v) is 1.74. The molecule has 2 aromatic rings. The lowest BCUT2D eigenvalue weighted by Gasteiger charge is -2.13. The number of anilines is 1. The number of aromatic carboxylic acids is 1. The molecule has 20 heavy (non-hydrogen) atoms. The average Bonchev–Trinajstić information content (AvgIpc) is 2.46. The Hall–Kier alpha value is -2.63. The van der Waals surface area contributed by atoms with E-state index in [1.165, 1.54) is 6.07 Å². The van der Waals surface area contributed by atoms with Gasteiger partial charge in [0.1, 0.15) is 5.75 Å². The summed E-state index contributed by atoms with van der Waals surface area (Å²) in [7, 11) is 5.07. The van der Waals surface area contributed by atoms with Crippen LogP contribution in [0.4, 0.5) is 5.95 Å². The summed E-state index contributed by atoms with van der Waals surface area (Å²) >= 11 is 0. The van der Waals surface area contributed by atoms with Gasteiger partial charge in [0.15, 0.2) is 5.69 Å². The number of nitrogens with zero attached hydrogens (tertiary/aromatic N) is 3. The van der Waals surface area contributed by atoms with Gasteiger partial charge in [-0.05, 0) is 18.2 Å². The van der Waals surface area contributed by atoms with Gasteiger partial charge in [-0.3, -0.25) is 0 Å². The van der Waals surface area contributed by atoms with E-state index in [9.17, 15) is 4.79 Å². The van der Waals surface area contributed by atoms with Crippen LogP contribution in [0.15, 0.2) is 30.3 Å². The molecule has 2 rings (SSSR count). The summed E-state index contributed by atoms with van der Waals surface area (Å²) in [5.41, 5.74) is 1.19. The number of carboxylic acids is 1. The minimum Gasteiger partial charge on any atom is -0.496 e. The van der Waals surface area contributed by atoms with Crippen molar-refractivity contribution >= 4 is 11.9 Å². The lowest BCUT2D eigenvalue weighted by molar-refractivity contribution is 0.0690. The average molecular weight is 273 g/mol. The molecule has 0 fully saturated rings. The van der Waals surface area contributed by atoms with Crippen LogP contribution in [0.25, 0.3) is 11.3 Å². The minimum absolute atomic E-state index is 0.0513. The fraction of sp³-hybridized carbons (Fsp3) is 0.214. The molecule has 1 aromatic heterocycles. The second kappa shape index (κ2) is 5.56. The first-order valence-corrected chi connectivity index (χ1v) is 5.96. The van der Waals surface area contributed by atoms with Crippen molar-refractivity contribution in [3.8, 4) is 17.0 Å². The summed E-state index contributed by atoms with van der Waals surface area (Å²) in [6, 6.07) is 8.75. The van der Waals surface area contributed by atoms with Gasteiger partial charge >= 0.3 is 5.97 Å². The molecule has 0 bridgehead atoms. The van der Waals surface area contributed by atoms with Crippen LogP contribution < -0.4 is 9.64 Å². The zero-order valence-corrected chi connectivity index (χ0v) is 11.5. The molecular formula is C14H15N3O3. The number of rotatable bonds is 4. The lowest BCUT2D eigenvalue weighted by atomic mass is 10.1. The Bertz CT molecular complexity index is 641. The number of aromatic nitrogens is 2. The second-order valence-corrected chi connectivity index (χ2v) is 4.34. The van der Waals surface area contributed by atoms with E-state index in [1.54, 1.807) is 32.2 Å². The monoisotopic (exact) mass is 273 g/mol. The third-order valence-electron chi connectivity index (χ3n) is 2.72. The van der Waals surface area contributed by atoms with Crippen LogP contribution in [0, 0.1) is 0 Å². The summed E-state index contributed by atoms with van der Waals surface area (Å²) in [5.74, 6) is -0.121. The van der Waals surface area contributed by atoms with Gasteiger partial charge in [-0.25, -0.2) is 14.8 Å². The molecule has 0 saturated carbocycles. The molecule has 0 amide bonds. The maximum absolute atomic E-state index is 11.2. The molecule has 0 atom stereocenters. The molecule has 6 heteroatoms. The van der Waals surface area contributed by atoms with Crippen LogP contribution in [-0.4, -0.2) is 42.2 Å². The molecule has 1 aromatic carbocycles. The Morgan fingerprint density at radius 1 is 1.25 bits per heavy atom. The summed E-state index contributed by atoms with van der Waals surface area (Å²) < 4.78 is 5.28. The molecule has 0 saturated heterocycles. The van der Waals surface area contributed by atoms with E-state index in [1.807, 2.05) is 18.2 Å². The predicted molar refractivity (Wildman–Crippen MR) is 75.3 cm³/mol. The van der Waals surface area contributed by atoms with E-state index in [4.69, 9.17) is 9.84 Å². The van der Waals surface area contributed by atoms with Crippen molar-refractivity contribution in [2.75, 3.05) is 26.1 Å². The van der Waals surface area contributed by atoms with Crippen molar-refractivity contribution in [1.82, 2.24) is 9.97 Å². The summed E-state index contributed by atoms with van der Waals surface area (Å²) in [6.45, 7) is 0. The van der Waals surface area contributed by atoms with Crippen LogP contribution in [0.5, 0.6) is 5.75 Å². The van der Waals surface area contributed by atoms with Crippen LogP contribution in [0.1, 0.15) is 10.5 Å². The van der Waals surface area contributed by atoms with Gasteiger partial charge in [0.25, 0.3) is 0 Å². The predicted octanol–water partition coefficient (Wildman–Crippen LogP) is 1.92. The van der Waals surface area contributed by atoms with E-state index < -0.39 is 5.97 Å². The van der Waals surface area contributed by atoms with Gasteiger partial charge in [0, 0.05) is 19.7 Å². The zero-order chi connectivity index (χ0) is 14.7. The standard InChI is InChI=1S/C14H15N3O3/c1-17(2)14-15-10(8-11(16-14)13(18)19)9-6-4-5-7-12(9)20-3/h4-8H,1-3H3,(H,18,19). The second-order valence-electron chi connectivity index (χ2n) is 4.34. The van der Waals surface area contributed by atoms with E-state index in [-0.39, 0.29) is 5.69 Å². The van der Waals surface area contributed by atoms with Gasteiger partial charge in [-0.15, -0.1) is 0 Å². The Morgan fingerprint density at radius 2 is 1.95 bits per heavy atom. The molecule has 0 aliphatic heterocycles. The normalized spacial score (nSPS) is 10.2. The maximum Gasteiger partial charge on any atom is 0.354 e. The van der Waals surface area contributed by atoms with Crippen molar-refractivity contribution in [3.05, 3.63) is 36.0 Å². The molecule has 1 N–H and O–H groups in total. The summed E-state index contributed by atoms with van der Waals surface area (Å²) in [4.78, 5) is 21.2. The third kappa shape index (κ3) is 2.69. The van der Waals surface area contributed by atoms with Crippen LogP contribution in [-0.2, 0) is 0 Å². The van der Waals surface area contributed by atoms with Gasteiger partial charge < -0.3 is 14.7 Å². The number of carbonyl (C=O) groups is 1. The summed E-state index contributed by atoms with van der Waals surface area (Å²) in [6.07, 6.45) is 0. The Morgan fingerprint density at radius 3 is 2.55 bits per heavy atom. The smallest absolute Gasteiger partial charge is 0.354 e. The van der Waals surface area contributed by atoms with Crippen molar-refractivity contribution in [1.29, 1.82) is 0 Å². The van der Waals surface area contributed by atoms with Crippen LogP contribution in [0.3, 0.4) is 0 Å². The molecule has 104 valence electrons. The van der Waals surface area contributed by atoms with Gasteiger partial charge in [0.2, 0.25) is 5.95 Å². The first kappa shape index (κ1) is 13.8. The van der Waals surface area contributed by atoms with Crippen LogP contribution in [0.2, 0.25) is 0 Å². The maximum atomic E-state index is 11.2. The van der Waals surface area contributed by atoms with E-state index in [0.717, 1.165) is 5.56 Å². The van der Waals surface area contributed by atoms with Crippen molar-refractivity contribution < 1.29 is 14.6 Å². The minimum atomic E-state index is -1.09. The highest BCUT2D eigenvalue weighted by Crippen LogP contribution is 2.29. The van der Waals surface area contributed by atoms with Crippen molar-refractivity contribution in [3.63, 3.8) is 0 Å². The molecular weight excluding hydrogens is 258 g/mol. The Kier molecular flexibility index (Phi) is 3.84. The number of methoxy groups -OCH3 is 1. The quantitative estimate of drug-likeness (QED) is 0.917. The number of hydrogen-bond acceptors (Lipinski definition) is 5. The number of ether oxygens (including phenoxy) is 1. The first-order chi connectivity index (χ1) is 9.52. The van der Waals surface area contributed by atoms with E-state index in [2.05, 4.69) is 9.97 Å². The largest absolute Gasteiger partial charge is 0.496 e. The molecule has 0 radical (unpaired) electrons. The zero-order valence-electron chi connectivity index (χ0n) is 11.5.